The number of aliphatic hydroxyl groups is 1. The maximum atomic E-state index is 13.5. The van der Waals surface area contributed by atoms with E-state index in [1.165, 1.54) is 0 Å². The van der Waals surface area contributed by atoms with Crippen LogP contribution >= 0.6 is 0 Å². The minimum absolute atomic E-state index is 0.275. The summed E-state index contributed by atoms with van der Waals surface area (Å²) in [5.74, 6) is 1.33. The third kappa shape index (κ3) is 4.48. The van der Waals surface area contributed by atoms with Gasteiger partial charge in [0.05, 0.1) is 23.1 Å². The lowest BCUT2D eigenvalue weighted by Gasteiger charge is -2.37. The zero-order valence-electron chi connectivity index (χ0n) is 20.0. The van der Waals surface area contributed by atoms with Crippen LogP contribution < -0.4 is 15.0 Å². The Morgan fingerprint density at radius 2 is 1.94 bits per heavy atom. The van der Waals surface area contributed by atoms with E-state index in [0.717, 1.165) is 16.8 Å². The first kappa shape index (κ1) is 22.3. The maximum Gasteiger partial charge on any atom is 0.260 e. The topological polar surface area (TPSA) is 105 Å². The highest BCUT2D eigenvalue weighted by Gasteiger charge is 2.35. The number of aryl methyl sites for hydroxylation is 1. The predicted octanol–water partition coefficient (Wildman–Crippen LogP) is 3.19. The SMILES string of the molecule is Cn1cc(-c2cccc(NC(=O)c3cc4c(nc3N3CCC(C)(O)CC3)OC(C)(C)C4)n2)cn1. The fourth-order valence-corrected chi connectivity index (χ4v) is 4.51. The molecule has 178 valence electrons. The van der Waals surface area contributed by atoms with Gasteiger partial charge in [-0.2, -0.15) is 10.1 Å². The Morgan fingerprint density at radius 3 is 2.65 bits per heavy atom. The van der Waals surface area contributed by atoms with Gasteiger partial charge in [0.25, 0.3) is 5.91 Å². The van der Waals surface area contributed by atoms with Crippen LogP contribution in [-0.4, -0.2) is 55.1 Å². The lowest BCUT2D eigenvalue weighted by molar-refractivity contribution is 0.0350. The number of nitrogens with zero attached hydrogens (tertiary/aromatic N) is 5. The Labute approximate surface area is 198 Å². The van der Waals surface area contributed by atoms with E-state index in [2.05, 4.69) is 20.3 Å². The van der Waals surface area contributed by atoms with Gasteiger partial charge in [-0.15, -0.1) is 0 Å². The Morgan fingerprint density at radius 1 is 1.18 bits per heavy atom. The monoisotopic (exact) mass is 462 g/mol. The van der Waals surface area contributed by atoms with E-state index < -0.39 is 5.60 Å². The van der Waals surface area contributed by atoms with Crippen LogP contribution in [0.2, 0.25) is 0 Å². The van der Waals surface area contributed by atoms with Gasteiger partial charge in [0.2, 0.25) is 5.88 Å². The van der Waals surface area contributed by atoms with Crippen LogP contribution in [0, 0.1) is 0 Å². The van der Waals surface area contributed by atoms with E-state index in [4.69, 9.17) is 9.72 Å². The highest BCUT2D eigenvalue weighted by Crippen LogP contribution is 2.38. The number of piperidine rings is 1. The molecule has 0 unspecified atom stereocenters. The first-order valence-corrected chi connectivity index (χ1v) is 11.6. The van der Waals surface area contributed by atoms with Gasteiger partial charge in [-0.05, 0) is 51.8 Å². The van der Waals surface area contributed by atoms with Crippen molar-refractivity contribution in [1.29, 1.82) is 0 Å². The minimum Gasteiger partial charge on any atom is -0.471 e. The molecule has 5 heterocycles. The van der Waals surface area contributed by atoms with Crippen LogP contribution in [0.3, 0.4) is 0 Å². The second kappa shape index (κ2) is 8.09. The minimum atomic E-state index is -0.704. The van der Waals surface area contributed by atoms with Gasteiger partial charge in [-0.25, -0.2) is 4.98 Å². The van der Waals surface area contributed by atoms with Crippen molar-refractivity contribution in [3.8, 4) is 17.1 Å². The molecule has 2 aliphatic heterocycles. The molecule has 1 fully saturated rings. The lowest BCUT2D eigenvalue weighted by Crippen LogP contribution is -2.43. The van der Waals surface area contributed by atoms with Gasteiger partial charge in [-0.3, -0.25) is 9.48 Å². The van der Waals surface area contributed by atoms with Gasteiger partial charge >= 0.3 is 0 Å². The number of ether oxygens (including phenoxy) is 1. The van der Waals surface area contributed by atoms with Gasteiger partial charge in [0, 0.05) is 43.9 Å². The molecule has 1 saturated heterocycles. The van der Waals surface area contributed by atoms with Crippen molar-refractivity contribution in [2.75, 3.05) is 23.3 Å². The number of hydrogen-bond acceptors (Lipinski definition) is 7. The summed E-state index contributed by atoms with van der Waals surface area (Å²) in [4.78, 5) is 24.9. The first-order valence-electron chi connectivity index (χ1n) is 11.6. The number of hydrogen-bond donors (Lipinski definition) is 2. The molecule has 9 nitrogen and oxygen atoms in total. The van der Waals surface area contributed by atoms with Crippen LogP contribution in [0.5, 0.6) is 5.88 Å². The zero-order chi connectivity index (χ0) is 24.1. The quantitative estimate of drug-likeness (QED) is 0.613. The normalized spacial score (nSPS) is 18.3. The summed E-state index contributed by atoms with van der Waals surface area (Å²) in [7, 11) is 1.85. The molecule has 2 N–H and O–H groups in total. The summed E-state index contributed by atoms with van der Waals surface area (Å²) in [5.41, 5.74) is 1.93. The van der Waals surface area contributed by atoms with Gasteiger partial charge in [0.15, 0.2) is 0 Å². The molecule has 9 heteroatoms. The molecule has 0 aromatic carbocycles. The molecular weight excluding hydrogens is 432 g/mol. The number of fused-ring (bicyclic) bond motifs is 1. The molecule has 0 spiro atoms. The Kier molecular flexibility index (Phi) is 5.31. The van der Waals surface area contributed by atoms with Crippen LogP contribution in [0.4, 0.5) is 11.6 Å². The van der Waals surface area contributed by atoms with Crippen molar-refractivity contribution in [3.05, 3.63) is 47.8 Å². The number of pyridine rings is 2. The van der Waals surface area contributed by atoms with Gasteiger partial charge in [-0.1, -0.05) is 6.07 Å². The second-order valence-corrected chi connectivity index (χ2v) is 10.1. The van der Waals surface area contributed by atoms with Crippen LogP contribution in [0.25, 0.3) is 11.3 Å². The van der Waals surface area contributed by atoms with E-state index in [-0.39, 0.29) is 11.5 Å². The number of carbonyl (C=O) groups is 1. The number of nitrogens with one attached hydrogen (secondary N) is 1. The van der Waals surface area contributed by atoms with Crippen molar-refractivity contribution < 1.29 is 14.6 Å². The number of amides is 1. The number of aromatic nitrogens is 4. The van der Waals surface area contributed by atoms with E-state index in [1.807, 2.05) is 52.2 Å². The molecule has 0 saturated carbocycles. The molecule has 0 aliphatic carbocycles. The predicted molar refractivity (Wildman–Crippen MR) is 129 cm³/mol. The van der Waals surface area contributed by atoms with Crippen LogP contribution in [0.1, 0.15) is 49.5 Å². The molecule has 3 aromatic rings. The molecule has 1 amide bonds. The Bertz CT molecular complexity index is 1240. The van der Waals surface area contributed by atoms with E-state index in [9.17, 15) is 9.90 Å². The van der Waals surface area contributed by atoms with Gasteiger partial charge < -0.3 is 20.1 Å². The van der Waals surface area contributed by atoms with Crippen molar-refractivity contribution >= 4 is 17.5 Å². The third-order valence-corrected chi connectivity index (χ3v) is 6.41. The molecule has 2 aliphatic rings. The number of carbonyl (C=O) groups excluding carboxylic acids is 1. The molecule has 0 radical (unpaired) electrons. The summed E-state index contributed by atoms with van der Waals surface area (Å²) in [6.45, 7) is 7.09. The third-order valence-electron chi connectivity index (χ3n) is 6.41. The highest BCUT2D eigenvalue weighted by atomic mass is 16.5. The molecule has 34 heavy (non-hydrogen) atoms. The Hall–Kier alpha value is -3.46. The molecule has 0 atom stereocenters. The van der Waals surface area contributed by atoms with E-state index in [0.29, 0.717) is 55.4 Å². The Balaban J connectivity index is 1.46. The molecule has 0 bridgehead atoms. The van der Waals surface area contributed by atoms with E-state index >= 15 is 0 Å². The van der Waals surface area contributed by atoms with Crippen molar-refractivity contribution in [1.82, 2.24) is 19.7 Å². The summed E-state index contributed by atoms with van der Waals surface area (Å²) in [6, 6.07) is 7.39. The number of anilines is 2. The number of rotatable bonds is 4. The van der Waals surface area contributed by atoms with Crippen LogP contribution in [0.15, 0.2) is 36.7 Å². The smallest absolute Gasteiger partial charge is 0.260 e. The lowest BCUT2D eigenvalue weighted by atomic mass is 9.93. The average Bonchev–Trinajstić information content (AvgIpc) is 3.34. The molecule has 3 aromatic heterocycles. The van der Waals surface area contributed by atoms with Crippen molar-refractivity contribution in [2.45, 2.75) is 51.2 Å². The summed E-state index contributed by atoms with van der Waals surface area (Å²) in [5, 5.41) is 17.5. The van der Waals surface area contributed by atoms with Crippen molar-refractivity contribution in [3.63, 3.8) is 0 Å². The summed E-state index contributed by atoms with van der Waals surface area (Å²) >= 11 is 0. The summed E-state index contributed by atoms with van der Waals surface area (Å²) < 4.78 is 7.76. The van der Waals surface area contributed by atoms with Crippen LogP contribution in [-0.2, 0) is 13.5 Å². The van der Waals surface area contributed by atoms with Gasteiger partial charge in [0.1, 0.15) is 17.2 Å². The fourth-order valence-electron chi connectivity index (χ4n) is 4.51. The maximum absolute atomic E-state index is 13.5. The van der Waals surface area contributed by atoms with Crippen molar-refractivity contribution in [2.24, 2.45) is 7.05 Å². The first-order chi connectivity index (χ1) is 16.1. The average molecular weight is 463 g/mol. The second-order valence-electron chi connectivity index (χ2n) is 10.1. The largest absolute Gasteiger partial charge is 0.471 e. The molecule has 5 rings (SSSR count). The zero-order valence-corrected chi connectivity index (χ0v) is 20.0. The fraction of sp³-hybridized carbons (Fsp3) is 0.440. The van der Waals surface area contributed by atoms with E-state index in [1.54, 1.807) is 16.9 Å². The standard InChI is InChI=1S/C25H30N6O3/c1-24(2)13-16-12-18(21(29-23(16)34-24)31-10-8-25(3,33)9-11-31)22(32)28-20-7-5-6-19(27-20)17-14-26-30(4)15-17/h5-7,12,14-15,33H,8-11,13H2,1-4H3,(H,27,28,32). The summed E-state index contributed by atoms with van der Waals surface area (Å²) in [6.07, 6.45) is 5.51. The highest BCUT2D eigenvalue weighted by molar-refractivity contribution is 6.07. The molecular formula is C25H30N6O3.